The zero-order valence-corrected chi connectivity index (χ0v) is 11.7. The minimum absolute atomic E-state index is 0.0500. The van der Waals surface area contributed by atoms with Crippen molar-refractivity contribution < 1.29 is 18.8 Å². The highest BCUT2D eigenvalue weighted by Gasteiger charge is 2.24. The Labute approximate surface area is 121 Å². The highest BCUT2D eigenvalue weighted by atomic mass is 19.1. The molecule has 116 valence electrons. The lowest BCUT2D eigenvalue weighted by atomic mass is 9.96. The number of nitrogens with two attached hydrogens (primary N) is 2. The zero-order valence-electron chi connectivity index (χ0n) is 11.7. The second-order valence-electron chi connectivity index (χ2n) is 4.96. The number of hydrogen-bond donors (Lipinski definition) is 2. The topological polar surface area (TPSA) is 121 Å². The molecule has 1 rings (SSSR count). The molecular weight excluding hydrogens is 281 g/mol. The molecule has 0 aliphatic carbocycles. The fourth-order valence-corrected chi connectivity index (χ4v) is 1.62. The number of ether oxygens (including phenoxy) is 1. The van der Waals surface area contributed by atoms with Crippen molar-refractivity contribution >= 4 is 11.6 Å². The van der Waals surface area contributed by atoms with E-state index in [0.29, 0.717) is 19.3 Å². The number of nitrogens with zero attached hydrogens (tertiary/aromatic N) is 1. The summed E-state index contributed by atoms with van der Waals surface area (Å²) in [6, 6.07) is 3.19. The molecule has 8 heteroatoms. The first-order valence-electron chi connectivity index (χ1n) is 6.39. The third-order valence-electron chi connectivity index (χ3n) is 3.04. The van der Waals surface area contributed by atoms with Crippen LogP contribution in [0.4, 0.5) is 10.1 Å². The number of hydrogen-bond acceptors (Lipinski definition) is 5. The lowest BCUT2D eigenvalue weighted by molar-refractivity contribution is -0.385. The summed E-state index contributed by atoms with van der Waals surface area (Å²) in [4.78, 5) is 20.8. The van der Waals surface area contributed by atoms with Crippen LogP contribution in [0.2, 0.25) is 0 Å². The van der Waals surface area contributed by atoms with Gasteiger partial charge < -0.3 is 16.2 Å². The van der Waals surface area contributed by atoms with E-state index >= 15 is 0 Å². The van der Waals surface area contributed by atoms with Gasteiger partial charge in [-0.05, 0) is 32.3 Å². The van der Waals surface area contributed by atoms with Crippen LogP contribution in [0.1, 0.15) is 26.2 Å². The lowest BCUT2D eigenvalue weighted by Gasteiger charge is -2.19. The van der Waals surface area contributed by atoms with Crippen molar-refractivity contribution in [2.45, 2.75) is 31.7 Å². The Hall–Kier alpha value is -2.22. The van der Waals surface area contributed by atoms with Gasteiger partial charge in [0.15, 0.2) is 11.6 Å². The minimum Gasteiger partial charge on any atom is -0.491 e. The maximum absolute atomic E-state index is 13.5. The average molecular weight is 299 g/mol. The van der Waals surface area contributed by atoms with Crippen LogP contribution in [0.5, 0.6) is 5.75 Å². The van der Waals surface area contributed by atoms with Gasteiger partial charge in [-0.15, -0.1) is 0 Å². The molecule has 0 radical (unpaired) electrons. The number of carbonyl (C=O) groups excluding carboxylic acids is 1. The largest absolute Gasteiger partial charge is 0.491 e. The van der Waals surface area contributed by atoms with Crippen molar-refractivity contribution in [2.75, 3.05) is 6.61 Å². The highest BCUT2D eigenvalue weighted by Crippen LogP contribution is 2.22. The van der Waals surface area contributed by atoms with Gasteiger partial charge in [-0.3, -0.25) is 14.9 Å². The summed E-state index contributed by atoms with van der Waals surface area (Å²) in [6.45, 7) is 1.76. The van der Waals surface area contributed by atoms with Crippen molar-refractivity contribution in [3.63, 3.8) is 0 Å². The molecule has 1 unspecified atom stereocenters. The quantitative estimate of drug-likeness (QED) is 0.428. The first kappa shape index (κ1) is 16.8. The number of nitro groups is 1. The average Bonchev–Trinajstić information content (AvgIpc) is 2.39. The Balaban J connectivity index is 2.40. The minimum atomic E-state index is -1.07. The van der Waals surface area contributed by atoms with E-state index < -0.39 is 22.2 Å². The van der Waals surface area contributed by atoms with Crippen LogP contribution >= 0.6 is 0 Å². The fourth-order valence-electron chi connectivity index (χ4n) is 1.62. The first-order chi connectivity index (χ1) is 9.74. The molecule has 0 saturated carbocycles. The number of amides is 1. The predicted octanol–water partition coefficient (Wildman–Crippen LogP) is 1.49. The number of benzene rings is 1. The van der Waals surface area contributed by atoms with E-state index in [9.17, 15) is 19.3 Å². The van der Waals surface area contributed by atoms with Gasteiger partial charge in [0.25, 0.3) is 5.69 Å². The third-order valence-corrected chi connectivity index (χ3v) is 3.04. The lowest BCUT2D eigenvalue weighted by Crippen LogP contribution is -2.49. The smallest absolute Gasteiger partial charge is 0.272 e. The summed E-state index contributed by atoms with van der Waals surface area (Å²) in [5.41, 5.74) is 9.41. The van der Waals surface area contributed by atoms with E-state index in [-0.39, 0.29) is 18.0 Å². The van der Waals surface area contributed by atoms with Crippen LogP contribution in [0.3, 0.4) is 0 Å². The van der Waals surface area contributed by atoms with Gasteiger partial charge in [0, 0.05) is 6.07 Å². The molecular formula is C13H18FN3O4. The highest BCUT2D eigenvalue weighted by molar-refractivity contribution is 5.83. The maximum Gasteiger partial charge on any atom is 0.272 e. The summed E-state index contributed by atoms with van der Waals surface area (Å²) >= 11 is 0. The van der Waals surface area contributed by atoms with E-state index in [1.807, 2.05) is 0 Å². The van der Waals surface area contributed by atoms with Crippen LogP contribution in [-0.2, 0) is 4.79 Å². The Morgan fingerprint density at radius 2 is 2.14 bits per heavy atom. The van der Waals surface area contributed by atoms with E-state index in [4.69, 9.17) is 16.2 Å². The zero-order chi connectivity index (χ0) is 16.0. The molecule has 0 heterocycles. The van der Waals surface area contributed by atoms with Crippen molar-refractivity contribution in [1.82, 2.24) is 0 Å². The molecule has 0 aliphatic heterocycles. The number of carbonyl (C=O) groups is 1. The van der Waals surface area contributed by atoms with Gasteiger partial charge in [0.05, 0.1) is 23.1 Å². The Kier molecular flexibility index (Phi) is 5.60. The van der Waals surface area contributed by atoms with Crippen LogP contribution < -0.4 is 16.2 Å². The summed E-state index contributed by atoms with van der Waals surface area (Å²) in [7, 11) is 0. The SMILES string of the molecule is CC(N)(CCCCOc1ccc([N+](=O)[O-])cc1F)C(N)=O. The molecule has 0 aliphatic rings. The summed E-state index contributed by atoms with van der Waals surface area (Å²) < 4.78 is 18.7. The van der Waals surface area contributed by atoms with E-state index in [2.05, 4.69) is 0 Å². The fraction of sp³-hybridized carbons (Fsp3) is 0.462. The molecule has 0 spiro atoms. The monoisotopic (exact) mass is 299 g/mol. The standard InChI is InChI=1S/C13H18FN3O4/c1-13(16,12(15)18)6-2-3-7-21-11-5-4-9(17(19)20)8-10(11)14/h4-5,8H,2-3,6-7,16H2,1H3,(H2,15,18). The predicted molar refractivity (Wildman–Crippen MR) is 74.2 cm³/mol. The van der Waals surface area contributed by atoms with Gasteiger partial charge in [-0.2, -0.15) is 0 Å². The van der Waals surface area contributed by atoms with E-state index in [0.717, 1.165) is 6.07 Å². The Morgan fingerprint density at radius 1 is 1.48 bits per heavy atom. The van der Waals surface area contributed by atoms with Crippen LogP contribution in [-0.4, -0.2) is 23.0 Å². The van der Waals surface area contributed by atoms with Crippen molar-refractivity contribution in [2.24, 2.45) is 11.5 Å². The Bertz CT molecular complexity index is 534. The van der Waals surface area contributed by atoms with Gasteiger partial charge in [0.2, 0.25) is 5.91 Å². The van der Waals surface area contributed by atoms with Gasteiger partial charge in [0.1, 0.15) is 0 Å². The van der Waals surface area contributed by atoms with Crippen LogP contribution in [0.15, 0.2) is 18.2 Å². The van der Waals surface area contributed by atoms with Gasteiger partial charge >= 0.3 is 0 Å². The van der Waals surface area contributed by atoms with Crippen molar-refractivity contribution in [3.05, 3.63) is 34.1 Å². The summed E-state index contributed by atoms with van der Waals surface area (Å²) in [5, 5.41) is 10.5. The third kappa shape index (κ3) is 4.99. The first-order valence-corrected chi connectivity index (χ1v) is 6.39. The number of halogens is 1. The van der Waals surface area contributed by atoms with Crippen LogP contribution in [0, 0.1) is 15.9 Å². The second-order valence-corrected chi connectivity index (χ2v) is 4.96. The molecule has 1 aromatic carbocycles. The van der Waals surface area contributed by atoms with Gasteiger partial charge in [-0.25, -0.2) is 4.39 Å². The van der Waals surface area contributed by atoms with Crippen molar-refractivity contribution in [1.29, 1.82) is 0 Å². The summed E-state index contributed by atoms with van der Waals surface area (Å²) in [6.07, 6.45) is 1.54. The normalized spacial score (nSPS) is 13.5. The number of nitro benzene ring substituents is 1. The second kappa shape index (κ2) is 6.98. The summed E-state index contributed by atoms with van der Waals surface area (Å²) in [5.74, 6) is -1.42. The molecule has 1 aromatic rings. The van der Waals surface area contributed by atoms with E-state index in [1.165, 1.54) is 12.1 Å². The molecule has 1 atom stereocenters. The number of unbranched alkanes of at least 4 members (excludes halogenated alkanes) is 1. The molecule has 4 N–H and O–H groups in total. The number of primary amides is 1. The van der Waals surface area contributed by atoms with Gasteiger partial charge in [-0.1, -0.05) is 0 Å². The van der Waals surface area contributed by atoms with Crippen LogP contribution in [0.25, 0.3) is 0 Å². The molecule has 7 nitrogen and oxygen atoms in total. The molecule has 0 bridgehead atoms. The molecule has 21 heavy (non-hydrogen) atoms. The van der Waals surface area contributed by atoms with Crippen molar-refractivity contribution in [3.8, 4) is 5.75 Å². The number of non-ortho nitro benzene ring substituents is 1. The molecule has 0 aromatic heterocycles. The Morgan fingerprint density at radius 3 is 2.67 bits per heavy atom. The number of rotatable bonds is 8. The molecule has 0 fully saturated rings. The van der Waals surface area contributed by atoms with E-state index in [1.54, 1.807) is 6.92 Å². The maximum atomic E-state index is 13.5. The molecule has 0 saturated heterocycles. The molecule has 1 amide bonds.